The highest BCUT2D eigenvalue weighted by Crippen LogP contribution is 2.33. The molecule has 1 aliphatic heterocycles. The molecule has 5 N–H and O–H groups in total. The Labute approximate surface area is 442 Å². The summed E-state index contributed by atoms with van der Waals surface area (Å²) in [5.74, 6) is -0.836. The van der Waals surface area contributed by atoms with Crippen LogP contribution < -0.4 is 16.0 Å². The van der Waals surface area contributed by atoms with Crippen molar-refractivity contribution < 1.29 is 38.4 Å². The normalized spacial score (nSPS) is 15.5. The summed E-state index contributed by atoms with van der Waals surface area (Å²) in [5, 5.41) is 34.5. The van der Waals surface area contributed by atoms with Gasteiger partial charge >= 0.3 is 0 Å². The molecule has 1 aromatic carbocycles. The number of likely N-dealkylation sites (tertiary alicyclic amines) is 1. The van der Waals surface area contributed by atoms with Gasteiger partial charge < -0.3 is 49.9 Å². The van der Waals surface area contributed by atoms with Gasteiger partial charge in [-0.1, -0.05) is 57.9 Å². The molecule has 1 fully saturated rings. The van der Waals surface area contributed by atoms with Crippen LogP contribution in [0.4, 0.5) is 5.95 Å². The van der Waals surface area contributed by atoms with E-state index in [1.165, 1.54) is 4.90 Å². The zero-order valence-electron chi connectivity index (χ0n) is 43.5. The summed E-state index contributed by atoms with van der Waals surface area (Å²) in [6, 6.07) is 13.8. The van der Waals surface area contributed by atoms with Gasteiger partial charge in [-0.3, -0.25) is 19.1 Å². The Balaban J connectivity index is 0.730. The third-order valence-electron chi connectivity index (χ3n) is 12.7. The molecule has 0 saturated carbocycles. The maximum Gasteiger partial charge on any atom is 0.246 e. The Morgan fingerprint density at radius 2 is 1.65 bits per heavy atom. The lowest BCUT2D eigenvalue weighted by molar-refractivity contribution is -0.144. The van der Waals surface area contributed by atoms with Crippen LogP contribution in [0.25, 0.3) is 44.0 Å². The van der Waals surface area contributed by atoms with Crippen LogP contribution in [0.1, 0.15) is 83.5 Å². The lowest BCUT2D eigenvalue weighted by atomic mass is 9.85. The zero-order valence-corrected chi connectivity index (χ0v) is 44.4. The number of hydrogen-bond acceptors (Lipinski definition) is 16. The first-order chi connectivity index (χ1) is 36.3. The number of H-pyrrole nitrogens is 1. The van der Waals surface area contributed by atoms with Gasteiger partial charge in [-0.2, -0.15) is 10.4 Å². The van der Waals surface area contributed by atoms with E-state index in [0.717, 1.165) is 87.5 Å². The largest absolute Gasteiger partial charge is 0.391 e. The molecule has 7 rings (SSSR count). The lowest BCUT2D eigenvalue weighted by Crippen LogP contribution is -2.58. The van der Waals surface area contributed by atoms with Gasteiger partial charge in [-0.25, -0.2) is 19.9 Å². The molecule has 3 amide bonds. The Bertz CT molecular complexity index is 2820. The number of hydrogen-bond donors (Lipinski definition) is 5. The molecule has 1 saturated heterocycles. The molecule has 0 spiro atoms. The molecule has 1 aliphatic rings. The monoisotopic (exact) mass is 1050 g/mol. The van der Waals surface area contributed by atoms with Gasteiger partial charge in [0, 0.05) is 74.0 Å². The van der Waals surface area contributed by atoms with Crippen molar-refractivity contribution in [3.05, 3.63) is 84.0 Å². The van der Waals surface area contributed by atoms with Crippen molar-refractivity contribution in [2.45, 2.75) is 104 Å². The smallest absolute Gasteiger partial charge is 0.246 e. The van der Waals surface area contributed by atoms with Crippen molar-refractivity contribution in [2.24, 2.45) is 5.41 Å². The number of rotatable bonds is 29. The Morgan fingerprint density at radius 3 is 2.37 bits per heavy atom. The van der Waals surface area contributed by atoms with Gasteiger partial charge in [0.2, 0.25) is 23.7 Å². The van der Waals surface area contributed by atoms with Crippen molar-refractivity contribution in [1.29, 1.82) is 5.26 Å². The summed E-state index contributed by atoms with van der Waals surface area (Å²) in [5.41, 5.74) is 8.12. The molecule has 6 heterocycles. The van der Waals surface area contributed by atoms with Gasteiger partial charge in [-0.05, 0) is 61.4 Å². The summed E-state index contributed by atoms with van der Waals surface area (Å²) in [6.45, 7) is 13.0. The van der Waals surface area contributed by atoms with E-state index in [-0.39, 0.29) is 44.7 Å². The number of aromatic nitrogens is 7. The first-order valence-corrected chi connectivity index (χ1v) is 26.5. The number of nitrogens with zero attached hydrogens (tertiary/aromatic N) is 8. The summed E-state index contributed by atoms with van der Waals surface area (Å²) in [6.07, 6.45) is 10.9. The summed E-state index contributed by atoms with van der Waals surface area (Å²) < 4.78 is 24.6. The fourth-order valence-corrected chi connectivity index (χ4v) is 9.52. The van der Waals surface area contributed by atoms with Crippen LogP contribution in [0, 0.1) is 23.7 Å². The number of fused-ring (bicyclic) bond motifs is 1. The van der Waals surface area contributed by atoms with Crippen LogP contribution in [0.5, 0.6) is 0 Å². The number of aliphatic hydroxyl groups excluding tert-OH is 1. The maximum absolute atomic E-state index is 14.0. The quantitative estimate of drug-likeness (QED) is 0.0309. The fourth-order valence-electron chi connectivity index (χ4n) is 8.70. The highest BCUT2D eigenvalue weighted by Gasteiger charge is 2.44. The van der Waals surface area contributed by atoms with E-state index in [0.29, 0.717) is 51.9 Å². The molecule has 0 radical (unpaired) electrons. The zero-order chi connectivity index (χ0) is 53.2. The molecule has 1 unspecified atom stereocenters. The van der Waals surface area contributed by atoms with E-state index in [1.54, 1.807) is 17.5 Å². The molecular formula is C54H70N12O8S. The third kappa shape index (κ3) is 16.2. The molecule has 6 aromatic rings. The third-order valence-corrected chi connectivity index (χ3v) is 13.7. The lowest BCUT2D eigenvalue weighted by Gasteiger charge is -2.35. The van der Waals surface area contributed by atoms with Crippen LogP contribution >= 0.6 is 11.3 Å². The van der Waals surface area contributed by atoms with E-state index >= 15 is 0 Å². The maximum atomic E-state index is 14.0. The number of unbranched alkanes of at least 4 members (excludes halogenated alkanes) is 3. The Morgan fingerprint density at radius 1 is 0.920 bits per heavy atom. The minimum Gasteiger partial charge on any atom is -0.391 e. The van der Waals surface area contributed by atoms with Crippen LogP contribution in [-0.2, 0) is 39.9 Å². The molecule has 20 nitrogen and oxygen atoms in total. The number of nitrogens with one attached hydrogen (secondary N) is 4. The average molecular weight is 1050 g/mol. The van der Waals surface area contributed by atoms with Crippen LogP contribution in [-0.4, -0.2) is 147 Å². The number of amides is 3. The molecule has 75 heavy (non-hydrogen) atoms. The van der Waals surface area contributed by atoms with Crippen molar-refractivity contribution in [1.82, 2.24) is 50.2 Å². The second kappa shape index (κ2) is 27.7. The number of pyridine rings is 1. The predicted octanol–water partition coefficient (Wildman–Crippen LogP) is 6.64. The summed E-state index contributed by atoms with van der Waals surface area (Å²) in [7, 11) is 0. The minimum atomic E-state index is -0.969. The van der Waals surface area contributed by atoms with Gasteiger partial charge in [0.25, 0.3) is 0 Å². The van der Waals surface area contributed by atoms with E-state index in [2.05, 4.69) is 48.0 Å². The van der Waals surface area contributed by atoms with Gasteiger partial charge in [-0.15, -0.1) is 11.3 Å². The number of aryl methyl sites for hydroxylation is 2. The fraction of sp³-hybridized carbons (Fsp3) is 0.500. The number of thiazole rings is 1. The predicted molar refractivity (Wildman–Crippen MR) is 285 cm³/mol. The number of carbonyl (C=O) groups excluding carboxylic acids is 3. The molecular weight excluding hydrogens is 977 g/mol. The van der Waals surface area contributed by atoms with Crippen LogP contribution in [0.3, 0.4) is 0 Å². The average Bonchev–Trinajstić information content (AvgIpc) is 4.24. The second-order valence-electron chi connectivity index (χ2n) is 19.6. The number of anilines is 1. The number of nitriles is 1. The molecule has 5 aromatic heterocycles. The molecule has 21 heteroatoms. The van der Waals surface area contributed by atoms with Gasteiger partial charge in [0.15, 0.2) is 0 Å². The highest BCUT2D eigenvalue weighted by atomic mass is 32.1. The van der Waals surface area contributed by atoms with E-state index in [9.17, 15) is 19.5 Å². The first kappa shape index (κ1) is 56.1. The van der Waals surface area contributed by atoms with Crippen LogP contribution in [0.15, 0.2) is 72.8 Å². The number of β-amino-alcohol motifs (C(OH)–C–C–N with tert-alkyl or cyclic N) is 1. The van der Waals surface area contributed by atoms with E-state index in [1.807, 2.05) is 99.8 Å². The van der Waals surface area contributed by atoms with Crippen molar-refractivity contribution >= 4 is 46.0 Å². The number of aliphatic hydroxyl groups is 1. The molecule has 0 bridgehead atoms. The Hall–Kier alpha value is -6.67. The van der Waals surface area contributed by atoms with Gasteiger partial charge in [0.1, 0.15) is 30.0 Å². The van der Waals surface area contributed by atoms with E-state index in [4.69, 9.17) is 34.3 Å². The van der Waals surface area contributed by atoms with Crippen LogP contribution in [0.2, 0.25) is 0 Å². The Kier molecular flexibility index (Phi) is 20.7. The molecule has 400 valence electrons. The van der Waals surface area contributed by atoms with Crippen molar-refractivity contribution in [3.63, 3.8) is 0 Å². The number of benzene rings is 1. The molecule has 0 aliphatic carbocycles. The summed E-state index contributed by atoms with van der Waals surface area (Å²) >= 11 is 1.57. The number of ether oxygens (including phenoxy) is 4. The van der Waals surface area contributed by atoms with Gasteiger partial charge in [0.05, 0.1) is 86.1 Å². The standard InChI is InChI=1S/C54H70N12O8S/c1-36(38-11-13-39(14-12-38)48-37(2)60-35-75-48)61-51(69)45-30-42(67)32-66(45)52(70)49(54(3,4)5)63-46(68)34-74-28-27-73-26-25-72-24-23-71-22-9-7-6-8-21-65-33-43(44-16-20-58-53(62-44)57-18-10-17-55)47(64-65)41-29-40-15-19-56-50(40)59-31-41/h11-16,19-20,29,31,33,35-36,42,45,49,67H,6-10,18,21-28,30,32,34H2,1-5H3,(H,56,59)(H,61,69)(H,63,68)(H,57,58,62)/t36?,42-,45+,49+/m1/s1. The van der Waals surface area contributed by atoms with Crippen molar-refractivity contribution in [3.8, 4) is 39.0 Å². The number of carbonyl (C=O) groups is 3. The topological polar surface area (TPSA) is 257 Å². The molecule has 4 atom stereocenters. The van der Waals surface area contributed by atoms with E-state index < -0.39 is 35.4 Å². The number of aromatic amines is 1. The SMILES string of the molecule is Cc1ncsc1-c1ccc(C(C)NC(=O)[C@@H]2C[C@@H](O)CN2C(=O)[C@H](NC(=O)COCCOCCOCCOCCCCCCn2cc(-c3ccnc(NCCC#N)n3)c(-c3cnc4[nH]ccc4c3)n2)C(C)(C)C)cc1. The second-order valence-corrected chi connectivity index (χ2v) is 20.4. The highest BCUT2D eigenvalue weighted by molar-refractivity contribution is 7.13. The van der Waals surface area contributed by atoms with Crippen molar-refractivity contribution in [2.75, 3.05) is 71.3 Å². The minimum absolute atomic E-state index is 0.0203. The first-order valence-electron chi connectivity index (χ1n) is 25.6. The summed E-state index contributed by atoms with van der Waals surface area (Å²) in [4.78, 5) is 64.3.